The molecule has 18 heavy (non-hydrogen) atoms. The SMILES string of the molecule is CS(C)(C)c1c(F)c(F)c(SOO[O-])c(F)c1F. The molecule has 0 aromatic heterocycles. The van der Waals surface area contributed by atoms with Crippen LogP contribution in [0.5, 0.6) is 0 Å². The van der Waals surface area contributed by atoms with E-state index in [9.17, 15) is 22.8 Å². The minimum Gasteiger partial charge on any atom is -0.691 e. The maximum atomic E-state index is 13.7. The topological polar surface area (TPSA) is 41.5 Å². The molecule has 0 spiro atoms. The van der Waals surface area contributed by atoms with Gasteiger partial charge in [0.25, 0.3) is 0 Å². The minimum absolute atomic E-state index is 0.234. The van der Waals surface area contributed by atoms with Gasteiger partial charge in [0, 0.05) is 0 Å². The molecule has 0 saturated heterocycles. The second kappa shape index (κ2) is 5.66. The molecule has 0 saturated carbocycles. The normalized spacial score (nSPS) is 12.9. The molecular weight excluding hydrogens is 296 g/mol. The molecule has 0 aliphatic carbocycles. The third-order valence-corrected chi connectivity index (χ3v) is 4.17. The summed E-state index contributed by atoms with van der Waals surface area (Å²) >= 11 is -0.234. The molecule has 0 heterocycles. The van der Waals surface area contributed by atoms with Crippen LogP contribution in [0.1, 0.15) is 0 Å². The molecule has 0 amide bonds. The first-order chi connectivity index (χ1) is 8.21. The predicted octanol–water partition coefficient (Wildman–Crippen LogP) is 2.53. The van der Waals surface area contributed by atoms with E-state index < -0.39 is 43.1 Å². The second-order valence-electron chi connectivity index (χ2n) is 3.97. The molecule has 9 heteroatoms. The zero-order chi connectivity index (χ0) is 14.1. The van der Waals surface area contributed by atoms with Gasteiger partial charge >= 0.3 is 0 Å². The Morgan fingerprint density at radius 3 is 1.72 bits per heavy atom. The van der Waals surface area contributed by atoms with Crippen LogP contribution in [-0.4, -0.2) is 18.8 Å². The molecule has 1 aromatic rings. The lowest BCUT2D eigenvalue weighted by Gasteiger charge is -2.27. The maximum absolute atomic E-state index is 13.7. The van der Waals surface area contributed by atoms with Crippen LogP contribution in [0.4, 0.5) is 17.6 Å². The Balaban J connectivity index is 3.46. The van der Waals surface area contributed by atoms with Crippen molar-refractivity contribution in [3.8, 4) is 0 Å². The summed E-state index contributed by atoms with van der Waals surface area (Å²) in [6.45, 7) is 0. The van der Waals surface area contributed by atoms with Crippen molar-refractivity contribution in [2.75, 3.05) is 18.8 Å². The smallest absolute Gasteiger partial charge is 0.179 e. The molecule has 1 aromatic carbocycles. The molecule has 0 aliphatic heterocycles. The van der Waals surface area contributed by atoms with Gasteiger partial charge in [-0.25, -0.2) is 27.6 Å². The van der Waals surface area contributed by atoms with Gasteiger partial charge in [0.2, 0.25) is 0 Å². The van der Waals surface area contributed by atoms with Crippen molar-refractivity contribution in [3.05, 3.63) is 23.3 Å². The van der Waals surface area contributed by atoms with Gasteiger partial charge in [-0.05, 0) is 18.8 Å². The van der Waals surface area contributed by atoms with E-state index in [-0.39, 0.29) is 12.0 Å². The van der Waals surface area contributed by atoms with Crippen molar-refractivity contribution in [1.82, 2.24) is 0 Å². The first kappa shape index (κ1) is 15.6. The molecule has 3 nitrogen and oxygen atoms in total. The summed E-state index contributed by atoms with van der Waals surface area (Å²) in [6.07, 6.45) is 4.45. The average Bonchev–Trinajstić information content (AvgIpc) is 2.25. The highest BCUT2D eigenvalue weighted by Gasteiger charge is 2.30. The fourth-order valence-corrected chi connectivity index (χ4v) is 2.93. The van der Waals surface area contributed by atoms with Crippen molar-refractivity contribution in [2.45, 2.75) is 9.79 Å². The van der Waals surface area contributed by atoms with Gasteiger partial charge in [0.05, 0.1) is 16.9 Å². The Kier molecular flexibility index (Phi) is 4.90. The van der Waals surface area contributed by atoms with Crippen LogP contribution in [-0.2, 0) is 9.37 Å². The van der Waals surface area contributed by atoms with E-state index in [2.05, 4.69) is 9.37 Å². The average molecular weight is 305 g/mol. The zero-order valence-corrected chi connectivity index (χ0v) is 11.2. The van der Waals surface area contributed by atoms with Crippen molar-refractivity contribution in [2.24, 2.45) is 0 Å². The largest absolute Gasteiger partial charge is 0.691 e. The lowest BCUT2D eigenvalue weighted by Crippen LogP contribution is -2.09. The van der Waals surface area contributed by atoms with Crippen LogP contribution in [0.15, 0.2) is 9.79 Å². The fourth-order valence-electron chi connectivity index (χ4n) is 1.25. The molecule has 0 N–H and O–H groups in total. The fraction of sp³-hybridized carbons (Fsp3) is 0.333. The molecule has 0 atom stereocenters. The molecule has 0 aliphatic rings. The van der Waals surface area contributed by atoms with Crippen LogP contribution in [0.2, 0.25) is 0 Å². The van der Waals surface area contributed by atoms with Crippen molar-refractivity contribution in [1.29, 1.82) is 0 Å². The summed E-state index contributed by atoms with van der Waals surface area (Å²) in [5.41, 5.74) is 0. The lowest BCUT2D eigenvalue weighted by molar-refractivity contribution is -0.777. The summed E-state index contributed by atoms with van der Waals surface area (Å²) < 4.78 is 58.1. The number of rotatable bonds is 4. The highest BCUT2D eigenvalue weighted by atomic mass is 32.3. The van der Waals surface area contributed by atoms with Gasteiger partial charge in [-0.3, -0.25) is 5.04 Å². The van der Waals surface area contributed by atoms with Crippen LogP contribution in [0, 0.1) is 23.3 Å². The Hall–Kier alpha value is -0.480. The first-order valence-electron chi connectivity index (χ1n) is 4.39. The summed E-state index contributed by atoms with van der Waals surface area (Å²) in [7, 11) is -2.02. The quantitative estimate of drug-likeness (QED) is 0.282. The van der Waals surface area contributed by atoms with E-state index >= 15 is 0 Å². The third-order valence-electron chi connectivity index (χ3n) is 1.94. The molecule has 0 bridgehead atoms. The van der Waals surface area contributed by atoms with Crippen LogP contribution < -0.4 is 5.26 Å². The highest BCUT2D eigenvalue weighted by Crippen LogP contribution is 2.50. The Morgan fingerprint density at radius 1 is 0.944 bits per heavy atom. The second-order valence-corrected chi connectivity index (χ2v) is 8.76. The Bertz CT molecular complexity index is 433. The Morgan fingerprint density at radius 2 is 1.39 bits per heavy atom. The number of benzene rings is 1. The number of hydrogen-bond acceptors (Lipinski definition) is 4. The molecule has 104 valence electrons. The van der Waals surface area contributed by atoms with Gasteiger partial charge in [0.15, 0.2) is 23.3 Å². The van der Waals surface area contributed by atoms with E-state index in [4.69, 9.17) is 0 Å². The maximum Gasteiger partial charge on any atom is 0.179 e. The predicted molar refractivity (Wildman–Crippen MR) is 57.9 cm³/mol. The van der Waals surface area contributed by atoms with E-state index in [0.717, 1.165) is 0 Å². The van der Waals surface area contributed by atoms with Crippen LogP contribution >= 0.6 is 22.1 Å². The summed E-state index contributed by atoms with van der Waals surface area (Å²) in [6, 6.07) is 0. The van der Waals surface area contributed by atoms with Crippen LogP contribution in [0.25, 0.3) is 0 Å². The molecule has 0 unspecified atom stereocenters. The zero-order valence-electron chi connectivity index (χ0n) is 9.55. The van der Waals surface area contributed by atoms with Gasteiger partial charge in [0.1, 0.15) is 4.90 Å². The van der Waals surface area contributed by atoms with Crippen molar-refractivity contribution in [3.63, 3.8) is 0 Å². The van der Waals surface area contributed by atoms with Crippen molar-refractivity contribution >= 4 is 22.1 Å². The standard InChI is InChI=1S/C9H10F4O3S2/c1-18(2,3)9-6(12)4(10)8(17-16-15-14)5(11)7(9)13/h14H,1-3H3/p-1. The van der Waals surface area contributed by atoms with Gasteiger partial charge in [-0.15, -0.1) is 0 Å². The summed E-state index contributed by atoms with van der Waals surface area (Å²) in [5, 5.41) is 12.4. The summed E-state index contributed by atoms with van der Waals surface area (Å²) in [5.74, 6) is -6.22. The molecule has 1 rings (SSSR count). The number of hydrogen-bond donors (Lipinski definition) is 0. The third kappa shape index (κ3) is 2.91. The molecule has 0 fully saturated rings. The van der Waals surface area contributed by atoms with Crippen molar-refractivity contribution < 1.29 is 32.2 Å². The Labute approximate surface area is 106 Å². The van der Waals surface area contributed by atoms with Gasteiger partial charge in [-0.1, -0.05) is 0 Å². The van der Waals surface area contributed by atoms with Gasteiger partial charge < -0.3 is 5.26 Å². The van der Waals surface area contributed by atoms with E-state index in [1.807, 2.05) is 0 Å². The van der Waals surface area contributed by atoms with E-state index in [1.165, 1.54) is 18.8 Å². The molecular formula is C9H9F4O3S2-. The highest BCUT2D eigenvalue weighted by molar-refractivity contribution is 8.32. The minimum atomic E-state index is -2.02. The van der Waals surface area contributed by atoms with E-state index in [0.29, 0.717) is 0 Å². The van der Waals surface area contributed by atoms with Gasteiger partial charge in [-0.2, -0.15) is 4.33 Å². The number of halogens is 4. The van der Waals surface area contributed by atoms with Crippen LogP contribution in [0.3, 0.4) is 0 Å². The monoisotopic (exact) mass is 305 g/mol. The first-order valence-corrected chi connectivity index (χ1v) is 7.99. The van der Waals surface area contributed by atoms with E-state index in [1.54, 1.807) is 0 Å². The summed E-state index contributed by atoms with van der Waals surface area (Å²) in [4.78, 5) is -1.74. The molecule has 0 radical (unpaired) electrons. The lowest BCUT2D eigenvalue weighted by atomic mass is 10.3.